The van der Waals surface area contributed by atoms with Crippen molar-refractivity contribution in [3.63, 3.8) is 0 Å². The maximum absolute atomic E-state index is 12.7. The zero-order chi connectivity index (χ0) is 18.2. The fraction of sp³-hybridized carbons (Fsp3) is 0.0500. The summed E-state index contributed by atoms with van der Waals surface area (Å²) in [6, 6.07) is 18.1. The molecule has 26 heavy (non-hydrogen) atoms. The van der Waals surface area contributed by atoms with Gasteiger partial charge in [0.1, 0.15) is 12.4 Å². The lowest BCUT2D eigenvalue weighted by atomic mass is 10.1. The average Bonchev–Trinajstić information content (AvgIpc) is 2.69. The molecule has 0 radical (unpaired) electrons. The summed E-state index contributed by atoms with van der Waals surface area (Å²) in [6.07, 6.45) is 4.44. The van der Waals surface area contributed by atoms with Gasteiger partial charge in [-0.05, 0) is 41.5 Å². The molecule has 1 heterocycles. The van der Waals surface area contributed by atoms with Crippen molar-refractivity contribution >= 4 is 17.8 Å². The number of nitrogens with zero attached hydrogens (tertiary/aromatic N) is 2. The Labute approximate surface area is 150 Å². The number of carbonyl (C=O) groups excluding carboxylic acids is 1. The molecule has 0 unspecified atom stereocenters. The predicted molar refractivity (Wildman–Crippen MR) is 98.8 cm³/mol. The van der Waals surface area contributed by atoms with Crippen LogP contribution < -0.4 is 10.1 Å². The summed E-state index contributed by atoms with van der Waals surface area (Å²) in [5.41, 5.74) is 2.48. The number of carbonyl (C=O) groups is 1. The highest BCUT2D eigenvalue weighted by atomic mass is 16.5. The summed E-state index contributed by atoms with van der Waals surface area (Å²) < 4.78 is 5.83. The Hall–Kier alpha value is -3.67. The zero-order valence-electron chi connectivity index (χ0n) is 13.9. The second-order valence-electron chi connectivity index (χ2n) is 5.47. The highest BCUT2D eigenvalue weighted by molar-refractivity contribution is 6.07. The van der Waals surface area contributed by atoms with E-state index in [1.54, 1.807) is 42.7 Å². The van der Waals surface area contributed by atoms with Gasteiger partial charge >= 0.3 is 0 Å². The van der Waals surface area contributed by atoms with Crippen molar-refractivity contribution in [3.05, 3.63) is 89.7 Å². The molecule has 0 saturated carbocycles. The van der Waals surface area contributed by atoms with Crippen LogP contribution in [-0.2, 0) is 6.61 Å². The van der Waals surface area contributed by atoms with Crippen molar-refractivity contribution < 1.29 is 14.7 Å². The molecule has 0 bridgehead atoms. The third-order valence-electron chi connectivity index (χ3n) is 3.61. The number of nitrogens with one attached hydrogen (secondary N) is 1. The van der Waals surface area contributed by atoms with Gasteiger partial charge in [-0.2, -0.15) is 0 Å². The number of anilines is 1. The summed E-state index contributed by atoms with van der Waals surface area (Å²) in [5, 5.41) is 14.5. The van der Waals surface area contributed by atoms with E-state index >= 15 is 0 Å². The Morgan fingerprint density at radius 1 is 1.15 bits per heavy atom. The molecular weight excluding hydrogens is 330 g/mol. The second-order valence-corrected chi connectivity index (χ2v) is 5.47. The molecule has 0 aliphatic rings. The minimum Gasteiger partial charge on any atom is -0.488 e. The first-order valence-corrected chi connectivity index (χ1v) is 7.96. The second kappa shape index (κ2) is 8.43. The monoisotopic (exact) mass is 347 g/mol. The van der Waals surface area contributed by atoms with E-state index in [4.69, 9.17) is 9.94 Å². The van der Waals surface area contributed by atoms with Gasteiger partial charge in [0.25, 0.3) is 5.91 Å². The molecule has 3 aromatic rings. The molecular formula is C20H17N3O3. The number of ether oxygens (including phenoxy) is 1. The number of pyridine rings is 1. The van der Waals surface area contributed by atoms with Crippen LogP contribution in [0.5, 0.6) is 5.75 Å². The molecule has 6 nitrogen and oxygen atoms in total. The van der Waals surface area contributed by atoms with Crippen molar-refractivity contribution in [2.24, 2.45) is 5.16 Å². The van der Waals surface area contributed by atoms with Gasteiger partial charge in [0, 0.05) is 6.20 Å². The van der Waals surface area contributed by atoms with E-state index in [9.17, 15) is 4.79 Å². The van der Waals surface area contributed by atoms with Crippen LogP contribution in [0.25, 0.3) is 0 Å². The fourth-order valence-corrected chi connectivity index (χ4v) is 2.37. The summed E-state index contributed by atoms with van der Waals surface area (Å²) in [5.74, 6) is 0.0968. The lowest BCUT2D eigenvalue weighted by Crippen LogP contribution is -2.14. The average molecular weight is 347 g/mol. The molecule has 2 N–H and O–H groups in total. The molecule has 0 spiro atoms. The van der Waals surface area contributed by atoms with E-state index in [0.717, 1.165) is 5.56 Å². The molecule has 1 aromatic heterocycles. The lowest BCUT2D eigenvalue weighted by Gasteiger charge is -2.12. The van der Waals surface area contributed by atoms with Crippen LogP contribution in [0, 0.1) is 0 Å². The van der Waals surface area contributed by atoms with Crippen LogP contribution in [0.4, 0.5) is 5.69 Å². The molecule has 130 valence electrons. The molecule has 0 fully saturated rings. The van der Waals surface area contributed by atoms with Crippen LogP contribution in [0.1, 0.15) is 21.5 Å². The highest BCUT2D eigenvalue weighted by Gasteiger charge is 2.14. The SMILES string of the molecule is O=C(Nc1cccnc1)c1cc(/C=N\O)ccc1OCc1ccccc1. The van der Waals surface area contributed by atoms with Crippen molar-refractivity contribution in [3.8, 4) is 5.75 Å². The van der Waals surface area contributed by atoms with Crippen molar-refractivity contribution in [2.75, 3.05) is 5.32 Å². The number of aromatic nitrogens is 1. The summed E-state index contributed by atoms with van der Waals surface area (Å²) in [6.45, 7) is 0.335. The number of rotatable bonds is 6. The summed E-state index contributed by atoms with van der Waals surface area (Å²) >= 11 is 0. The summed E-state index contributed by atoms with van der Waals surface area (Å²) in [7, 11) is 0. The lowest BCUT2D eigenvalue weighted by molar-refractivity contribution is 0.102. The first-order chi connectivity index (χ1) is 12.8. The van der Waals surface area contributed by atoms with Gasteiger partial charge in [-0.3, -0.25) is 9.78 Å². The van der Waals surface area contributed by atoms with E-state index in [0.29, 0.717) is 29.2 Å². The van der Waals surface area contributed by atoms with Crippen LogP contribution in [0.3, 0.4) is 0 Å². The smallest absolute Gasteiger partial charge is 0.259 e. The molecule has 0 saturated heterocycles. The van der Waals surface area contributed by atoms with E-state index < -0.39 is 0 Å². The van der Waals surface area contributed by atoms with E-state index in [2.05, 4.69) is 15.5 Å². The Bertz CT molecular complexity index is 897. The molecule has 0 aliphatic heterocycles. The van der Waals surface area contributed by atoms with Crippen LogP contribution in [0.2, 0.25) is 0 Å². The zero-order valence-corrected chi connectivity index (χ0v) is 13.9. The Morgan fingerprint density at radius 3 is 2.73 bits per heavy atom. The predicted octanol–water partition coefficient (Wildman–Crippen LogP) is 3.72. The van der Waals surface area contributed by atoms with Gasteiger partial charge in [0.05, 0.1) is 23.7 Å². The topological polar surface area (TPSA) is 83.8 Å². The minimum absolute atomic E-state index is 0.335. The fourth-order valence-electron chi connectivity index (χ4n) is 2.37. The maximum atomic E-state index is 12.7. The minimum atomic E-state index is -0.339. The number of oxime groups is 1. The Morgan fingerprint density at radius 2 is 2.00 bits per heavy atom. The quantitative estimate of drug-likeness (QED) is 0.404. The van der Waals surface area contributed by atoms with Crippen molar-refractivity contribution in [1.29, 1.82) is 0 Å². The van der Waals surface area contributed by atoms with Crippen LogP contribution >= 0.6 is 0 Å². The van der Waals surface area contributed by atoms with Crippen molar-refractivity contribution in [2.45, 2.75) is 6.61 Å². The normalized spacial score (nSPS) is 10.6. The van der Waals surface area contributed by atoms with Gasteiger partial charge in [-0.15, -0.1) is 0 Å². The van der Waals surface area contributed by atoms with E-state index in [1.807, 2.05) is 30.3 Å². The van der Waals surface area contributed by atoms with E-state index in [-0.39, 0.29) is 5.91 Å². The van der Waals surface area contributed by atoms with Gasteiger partial charge in [-0.1, -0.05) is 35.5 Å². The van der Waals surface area contributed by atoms with Gasteiger partial charge in [0.15, 0.2) is 0 Å². The number of hydrogen-bond donors (Lipinski definition) is 2. The van der Waals surface area contributed by atoms with Crippen LogP contribution in [0.15, 0.2) is 78.2 Å². The first kappa shape index (κ1) is 17.2. The molecule has 6 heteroatoms. The van der Waals surface area contributed by atoms with E-state index in [1.165, 1.54) is 6.21 Å². The number of amides is 1. The number of benzene rings is 2. The molecule has 3 rings (SSSR count). The van der Waals surface area contributed by atoms with Gasteiger partial charge in [0.2, 0.25) is 0 Å². The Kier molecular flexibility index (Phi) is 5.57. The van der Waals surface area contributed by atoms with Crippen LogP contribution in [-0.4, -0.2) is 22.3 Å². The van der Waals surface area contributed by atoms with Gasteiger partial charge < -0.3 is 15.3 Å². The largest absolute Gasteiger partial charge is 0.488 e. The Balaban J connectivity index is 1.84. The van der Waals surface area contributed by atoms with Gasteiger partial charge in [-0.25, -0.2) is 0 Å². The first-order valence-electron chi connectivity index (χ1n) is 7.96. The molecule has 0 aliphatic carbocycles. The summed E-state index contributed by atoms with van der Waals surface area (Å²) in [4.78, 5) is 16.7. The highest BCUT2D eigenvalue weighted by Crippen LogP contribution is 2.22. The third kappa shape index (κ3) is 4.45. The van der Waals surface area contributed by atoms with Crippen molar-refractivity contribution in [1.82, 2.24) is 4.98 Å². The third-order valence-corrected chi connectivity index (χ3v) is 3.61. The molecule has 0 atom stereocenters. The standard InChI is InChI=1S/C20H17N3O3/c24-20(23-17-7-4-10-21-13-17)18-11-16(12-22-25)8-9-19(18)26-14-15-5-2-1-3-6-15/h1-13,25H,14H2,(H,23,24)/b22-12-. The maximum Gasteiger partial charge on any atom is 0.259 e. The molecule has 2 aromatic carbocycles. The molecule has 1 amide bonds. The number of hydrogen-bond acceptors (Lipinski definition) is 5.